The Morgan fingerprint density at radius 1 is 1.50 bits per heavy atom. The molecule has 1 aromatic rings. The van der Waals surface area contributed by atoms with Crippen LogP contribution in [-0.2, 0) is 9.53 Å². The van der Waals surface area contributed by atoms with E-state index in [1.54, 1.807) is 0 Å². The molecule has 100 valence electrons. The molecule has 1 unspecified atom stereocenters. The molecule has 18 heavy (non-hydrogen) atoms. The first kappa shape index (κ1) is 14.6. The van der Waals surface area contributed by atoms with Gasteiger partial charge >= 0.3 is 5.97 Å². The molecule has 1 aromatic heterocycles. The molecule has 1 rings (SSSR count). The summed E-state index contributed by atoms with van der Waals surface area (Å²) in [5, 5.41) is 3.07. The third-order valence-electron chi connectivity index (χ3n) is 2.39. The quantitative estimate of drug-likeness (QED) is 0.805. The van der Waals surface area contributed by atoms with Gasteiger partial charge < -0.3 is 15.0 Å². The third kappa shape index (κ3) is 4.07. The highest BCUT2D eigenvalue weighted by molar-refractivity contribution is 6.30. The third-order valence-corrected chi connectivity index (χ3v) is 2.61. The van der Waals surface area contributed by atoms with Gasteiger partial charge in [0.05, 0.1) is 12.1 Å². The minimum Gasteiger partial charge on any atom is -0.467 e. The topological polar surface area (TPSA) is 71.2 Å². The molecular formula is C12H17ClN2O3. The van der Waals surface area contributed by atoms with Crippen LogP contribution in [0.4, 0.5) is 0 Å². The molecule has 0 fully saturated rings. The molecule has 0 aliphatic carbocycles. The maximum atomic E-state index is 11.9. The molecule has 0 aromatic carbocycles. The fourth-order valence-corrected chi connectivity index (χ4v) is 1.73. The van der Waals surface area contributed by atoms with E-state index in [9.17, 15) is 9.59 Å². The Morgan fingerprint density at radius 2 is 2.17 bits per heavy atom. The van der Waals surface area contributed by atoms with E-state index in [0.29, 0.717) is 17.1 Å². The second-order valence-electron chi connectivity index (χ2n) is 4.41. The monoisotopic (exact) mass is 272 g/mol. The molecule has 0 saturated heterocycles. The Kier molecular flexibility index (Phi) is 5.22. The zero-order valence-corrected chi connectivity index (χ0v) is 11.4. The van der Waals surface area contributed by atoms with Gasteiger partial charge in [-0.3, -0.25) is 4.79 Å². The highest BCUT2D eigenvalue weighted by Crippen LogP contribution is 2.11. The van der Waals surface area contributed by atoms with Crippen molar-refractivity contribution in [1.82, 2.24) is 10.3 Å². The lowest BCUT2D eigenvalue weighted by molar-refractivity contribution is -0.143. The SMILES string of the molecule is COC(=O)C(CC(C)C)NC(=O)c1cc(Cl)c[nH]1. The molecule has 0 spiro atoms. The van der Waals surface area contributed by atoms with Crippen molar-refractivity contribution in [1.29, 1.82) is 0 Å². The number of nitrogens with one attached hydrogen (secondary N) is 2. The number of amides is 1. The van der Waals surface area contributed by atoms with Crippen LogP contribution in [0.5, 0.6) is 0 Å². The summed E-state index contributed by atoms with van der Waals surface area (Å²) in [6, 6.07) is 0.852. The number of H-pyrrole nitrogens is 1. The minimum atomic E-state index is -0.649. The smallest absolute Gasteiger partial charge is 0.328 e. The molecule has 1 heterocycles. The van der Waals surface area contributed by atoms with Crippen molar-refractivity contribution in [3.05, 3.63) is 23.0 Å². The van der Waals surface area contributed by atoms with Gasteiger partial charge in [0.1, 0.15) is 11.7 Å². The predicted molar refractivity (Wildman–Crippen MR) is 68.5 cm³/mol. The summed E-state index contributed by atoms with van der Waals surface area (Å²) in [6.07, 6.45) is 2.03. The van der Waals surface area contributed by atoms with Gasteiger partial charge in [-0.2, -0.15) is 0 Å². The van der Waals surface area contributed by atoms with Crippen LogP contribution in [0.15, 0.2) is 12.3 Å². The Balaban J connectivity index is 2.71. The Labute approximate surface area is 111 Å². The number of carbonyl (C=O) groups excluding carboxylic acids is 2. The van der Waals surface area contributed by atoms with E-state index in [4.69, 9.17) is 11.6 Å². The number of methoxy groups -OCH3 is 1. The van der Waals surface area contributed by atoms with Gasteiger partial charge in [0, 0.05) is 6.20 Å². The molecule has 2 N–H and O–H groups in total. The largest absolute Gasteiger partial charge is 0.467 e. The van der Waals surface area contributed by atoms with Gasteiger partial charge in [-0.1, -0.05) is 25.4 Å². The number of aromatic nitrogens is 1. The molecule has 1 atom stereocenters. The lowest BCUT2D eigenvalue weighted by Gasteiger charge is -2.17. The van der Waals surface area contributed by atoms with Gasteiger partial charge in [-0.15, -0.1) is 0 Å². The number of hydrogen-bond acceptors (Lipinski definition) is 3. The highest BCUT2D eigenvalue weighted by Gasteiger charge is 2.23. The first-order valence-electron chi connectivity index (χ1n) is 5.66. The maximum absolute atomic E-state index is 11.9. The molecule has 0 aliphatic heterocycles. The second-order valence-corrected chi connectivity index (χ2v) is 4.85. The van der Waals surface area contributed by atoms with Crippen LogP contribution < -0.4 is 5.32 Å². The summed E-state index contributed by atoms with van der Waals surface area (Å²) in [7, 11) is 1.30. The Hall–Kier alpha value is -1.49. The second kappa shape index (κ2) is 6.44. The normalized spacial score (nSPS) is 12.3. The first-order chi connectivity index (χ1) is 8.43. The van der Waals surface area contributed by atoms with Gasteiger partial charge in [0.15, 0.2) is 0 Å². The number of aromatic amines is 1. The average molecular weight is 273 g/mol. The maximum Gasteiger partial charge on any atom is 0.328 e. The Bertz CT molecular complexity index is 429. The predicted octanol–water partition coefficient (Wildman–Crippen LogP) is 1.99. The standard InChI is InChI=1S/C12H17ClN2O3/c1-7(2)4-10(12(17)18-3)15-11(16)9-5-8(13)6-14-9/h5-7,10,14H,4H2,1-3H3,(H,15,16). The first-order valence-corrected chi connectivity index (χ1v) is 6.04. The van der Waals surface area contributed by atoms with Crippen LogP contribution >= 0.6 is 11.6 Å². The molecule has 0 saturated carbocycles. The fourth-order valence-electron chi connectivity index (χ4n) is 1.56. The Morgan fingerprint density at radius 3 is 2.61 bits per heavy atom. The van der Waals surface area contributed by atoms with Crippen molar-refractivity contribution in [2.75, 3.05) is 7.11 Å². The van der Waals surface area contributed by atoms with Crippen molar-refractivity contribution in [2.24, 2.45) is 5.92 Å². The van der Waals surface area contributed by atoms with E-state index >= 15 is 0 Å². The molecule has 0 radical (unpaired) electrons. The highest BCUT2D eigenvalue weighted by atomic mass is 35.5. The van der Waals surface area contributed by atoms with E-state index in [1.807, 2.05) is 13.8 Å². The van der Waals surface area contributed by atoms with Crippen LogP contribution in [0.3, 0.4) is 0 Å². The number of esters is 1. The van der Waals surface area contributed by atoms with Crippen LogP contribution in [0.2, 0.25) is 5.02 Å². The lowest BCUT2D eigenvalue weighted by atomic mass is 10.0. The van der Waals surface area contributed by atoms with E-state index in [-0.39, 0.29) is 11.8 Å². The number of ether oxygens (including phenoxy) is 1. The molecule has 5 nitrogen and oxygen atoms in total. The van der Waals surface area contributed by atoms with Gasteiger partial charge in [0.25, 0.3) is 5.91 Å². The lowest BCUT2D eigenvalue weighted by Crippen LogP contribution is -2.42. The average Bonchev–Trinajstić information content (AvgIpc) is 2.73. The van der Waals surface area contributed by atoms with Crippen LogP contribution in [0.1, 0.15) is 30.8 Å². The van der Waals surface area contributed by atoms with Gasteiger partial charge in [-0.25, -0.2) is 4.79 Å². The van der Waals surface area contributed by atoms with Crippen molar-refractivity contribution in [3.8, 4) is 0 Å². The number of halogens is 1. The number of rotatable bonds is 5. The van der Waals surface area contributed by atoms with Crippen molar-refractivity contribution in [3.63, 3.8) is 0 Å². The summed E-state index contributed by atoms with van der Waals surface area (Å²) < 4.78 is 4.67. The van der Waals surface area contributed by atoms with Gasteiger partial charge in [0.2, 0.25) is 0 Å². The van der Waals surface area contributed by atoms with Crippen molar-refractivity contribution < 1.29 is 14.3 Å². The number of hydrogen-bond donors (Lipinski definition) is 2. The molecule has 6 heteroatoms. The molecular weight excluding hydrogens is 256 g/mol. The van der Waals surface area contributed by atoms with E-state index in [2.05, 4.69) is 15.0 Å². The summed E-state index contributed by atoms with van der Waals surface area (Å²) in [4.78, 5) is 26.1. The van der Waals surface area contributed by atoms with E-state index in [0.717, 1.165) is 0 Å². The minimum absolute atomic E-state index is 0.265. The van der Waals surface area contributed by atoms with E-state index < -0.39 is 12.0 Å². The van der Waals surface area contributed by atoms with Gasteiger partial charge in [-0.05, 0) is 18.4 Å². The van der Waals surface area contributed by atoms with E-state index in [1.165, 1.54) is 19.4 Å². The van der Waals surface area contributed by atoms with Crippen LogP contribution in [0.25, 0.3) is 0 Å². The van der Waals surface area contributed by atoms with Crippen LogP contribution in [0, 0.1) is 5.92 Å². The zero-order chi connectivity index (χ0) is 13.7. The van der Waals surface area contributed by atoms with Crippen LogP contribution in [-0.4, -0.2) is 30.0 Å². The van der Waals surface area contributed by atoms with Crippen molar-refractivity contribution in [2.45, 2.75) is 26.3 Å². The van der Waals surface area contributed by atoms with Crippen molar-refractivity contribution >= 4 is 23.5 Å². The molecule has 1 amide bonds. The fraction of sp³-hybridized carbons (Fsp3) is 0.500. The molecule has 0 bridgehead atoms. The zero-order valence-electron chi connectivity index (χ0n) is 10.6. The summed E-state index contributed by atoms with van der Waals surface area (Å²) in [5.41, 5.74) is 0.317. The summed E-state index contributed by atoms with van der Waals surface area (Å²) >= 11 is 5.71. The summed E-state index contributed by atoms with van der Waals surface area (Å²) in [5.74, 6) is -0.561. The number of carbonyl (C=O) groups is 2. The molecule has 0 aliphatic rings. The summed E-state index contributed by atoms with van der Waals surface area (Å²) in [6.45, 7) is 3.93.